The van der Waals surface area contributed by atoms with Gasteiger partial charge in [-0.1, -0.05) is 60.7 Å². The molecule has 2 amide bonds. The van der Waals surface area contributed by atoms with E-state index < -0.39 is 17.6 Å². The third-order valence-corrected chi connectivity index (χ3v) is 6.75. The highest BCUT2D eigenvalue weighted by atomic mass is 16.5. The summed E-state index contributed by atoms with van der Waals surface area (Å²) in [5.74, 6) is -1.18. The zero-order chi connectivity index (χ0) is 24.4. The van der Waals surface area contributed by atoms with E-state index in [0.717, 1.165) is 29.5 Å². The third kappa shape index (κ3) is 4.89. The van der Waals surface area contributed by atoms with Crippen LogP contribution in [0.3, 0.4) is 0 Å². The molecule has 5 rings (SSSR count). The van der Waals surface area contributed by atoms with Crippen molar-refractivity contribution < 1.29 is 24.2 Å². The van der Waals surface area contributed by atoms with Gasteiger partial charge in [-0.3, -0.25) is 4.79 Å². The van der Waals surface area contributed by atoms with Gasteiger partial charge in [0.2, 0.25) is 5.91 Å². The van der Waals surface area contributed by atoms with Gasteiger partial charge in [0.1, 0.15) is 6.61 Å². The predicted octanol–water partition coefficient (Wildman–Crippen LogP) is 4.46. The van der Waals surface area contributed by atoms with Crippen LogP contribution in [0.25, 0.3) is 11.1 Å². The molecule has 1 fully saturated rings. The lowest BCUT2D eigenvalue weighted by Crippen LogP contribution is -2.41. The highest BCUT2D eigenvalue weighted by Crippen LogP contribution is 2.44. The monoisotopic (exact) mass is 470 g/mol. The Morgan fingerprint density at radius 2 is 1.49 bits per heavy atom. The molecule has 3 N–H and O–H groups in total. The van der Waals surface area contributed by atoms with Gasteiger partial charge >= 0.3 is 12.1 Å². The Balaban J connectivity index is 1.13. The van der Waals surface area contributed by atoms with E-state index >= 15 is 0 Å². The molecule has 2 aliphatic carbocycles. The maximum Gasteiger partial charge on any atom is 0.407 e. The number of carbonyl (C=O) groups is 3. The normalized spacial score (nSPS) is 15.0. The van der Waals surface area contributed by atoms with E-state index in [1.807, 2.05) is 24.3 Å². The van der Waals surface area contributed by atoms with Crippen molar-refractivity contribution >= 4 is 18.0 Å². The van der Waals surface area contributed by atoms with Crippen LogP contribution in [0.2, 0.25) is 0 Å². The van der Waals surface area contributed by atoms with Gasteiger partial charge in [0.25, 0.3) is 0 Å². The molecule has 7 heteroatoms. The van der Waals surface area contributed by atoms with Gasteiger partial charge in [-0.2, -0.15) is 0 Å². The Morgan fingerprint density at radius 3 is 2.06 bits per heavy atom. The lowest BCUT2D eigenvalue weighted by molar-refractivity contribution is -0.121. The van der Waals surface area contributed by atoms with Crippen molar-refractivity contribution in [2.45, 2.75) is 37.3 Å². The third-order valence-electron chi connectivity index (χ3n) is 6.75. The number of rotatable bonds is 8. The zero-order valence-corrected chi connectivity index (χ0v) is 19.1. The molecule has 35 heavy (non-hydrogen) atoms. The summed E-state index contributed by atoms with van der Waals surface area (Å²) >= 11 is 0. The molecule has 0 spiro atoms. The number of aromatic carboxylic acids is 1. The molecule has 0 bridgehead atoms. The number of carboxylic acid groups (broad SMARTS) is 1. The molecule has 2 aliphatic rings. The summed E-state index contributed by atoms with van der Waals surface area (Å²) < 4.78 is 5.63. The summed E-state index contributed by atoms with van der Waals surface area (Å²) in [7, 11) is 0. The fraction of sp³-hybridized carbons (Fsp3) is 0.250. The average Bonchev–Trinajstić information content (AvgIpc) is 3.53. The number of nitrogens with one attached hydrogen (secondary N) is 2. The number of hydrogen-bond acceptors (Lipinski definition) is 4. The summed E-state index contributed by atoms with van der Waals surface area (Å²) in [6.45, 7) is 0.522. The molecular weight excluding hydrogens is 444 g/mol. The van der Waals surface area contributed by atoms with Crippen molar-refractivity contribution in [2.24, 2.45) is 0 Å². The summed E-state index contributed by atoms with van der Waals surface area (Å²) in [6, 6.07) is 22.7. The molecule has 0 aromatic heterocycles. The number of carboxylic acids is 1. The Kier molecular flexibility index (Phi) is 5.99. The molecule has 7 nitrogen and oxygen atoms in total. The number of fused-ring (bicyclic) bond motifs is 3. The number of benzene rings is 3. The first kappa shape index (κ1) is 22.7. The van der Waals surface area contributed by atoms with Crippen LogP contribution < -0.4 is 10.6 Å². The fourth-order valence-electron chi connectivity index (χ4n) is 4.68. The van der Waals surface area contributed by atoms with Crippen LogP contribution in [0.15, 0.2) is 72.8 Å². The van der Waals surface area contributed by atoms with Crippen LogP contribution in [0.4, 0.5) is 4.79 Å². The number of alkyl carbamates (subject to hydrolysis) is 1. The van der Waals surface area contributed by atoms with Crippen LogP contribution in [-0.4, -0.2) is 35.2 Å². The smallest absolute Gasteiger partial charge is 0.407 e. The summed E-state index contributed by atoms with van der Waals surface area (Å²) in [5, 5.41) is 14.7. The van der Waals surface area contributed by atoms with Gasteiger partial charge in [-0.25, -0.2) is 9.59 Å². The molecule has 1 saturated carbocycles. The standard InChI is InChI=1S/C28H26N2O5/c31-25(29-16-18-9-11-19(12-10-18)26(32)33)15-28(13-14-28)30-27(34)35-17-24-22-7-3-1-5-20(22)21-6-2-4-8-23(21)24/h1-12,24H,13-17H2,(H,29,31)(H,30,34)(H,32,33). The van der Waals surface area contributed by atoms with Crippen molar-refractivity contribution in [3.63, 3.8) is 0 Å². The molecule has 3 aromatic carbocycles. The number of amides is 2. The Hall–Kier alpha value is -4.13. The molecule has 0 aliphatic heterocycles. The Labute approximate surface area is 203 Å². The lowest BCUT2D eigenvalue weighted by atomic mass is 9.98. The van der Waals surface area contributed by atoms with Crippen LogP contribution in [0.1, 0.15) is 52.2 Å². The second kappa shape index (κ2) is 9.25. The van der Waals surface area contributed by atoms with Crippen molar-refractivity contribution in [1.29, 1.82) is 0 Å². The maximum atomic E-state index is 12.6. The van der Waals surface area contributed by atoms with Gasteiger partial charge in [0.15, 0.2) is 0 Å². The van der Waals surface area contributed by atoms with E-state index in [1.54, 1.807) is 12.1 Å². The first-order chi connectivity index (χ1) is 16.9. The summed E-state index contributed by atoms with van der Waals surface area (Å²) in [5.41, 5.74) is 5.08. The first-order valence-electron chi connectivity index (χ1n) is 11.7. The number of ether oxygens (including phenoxy) is 1. The first-order valence-corrected chi connectivity index (χ1v) is 11.7. The van der Waals surface area contributed by atoms with Gasteiger partial charge in [-0.05, 0) is 52.8 Å². The topological polar surface area (TPSA) is 105 Å². The van der Waals surface area contributed by atoms with E-state index in [4.69, 9.17) is 9.84 Å². The van der Waals surface area contributed by atoms with Gasteiger partial charge in [0.05, 0.1) is 11.1 Å². The molecule has 3 aromatic rings. The highest BCUT2D eigenvalue weighted by Gasteiger charge is 2.46. The van der Waals surface area contributed by atoms with Crippen molar-refractivity contribution in [2.75, 3.05) is 6.61 Å². The van der Waals surface area contributed by atoms with E-state index in [2.05, 4.69) is 34.9 Å². The molecular formula is C28H26N2O5. The minimum absolute atomic E-state index is 0.0147. The highest BCUT2D eigenvalue weighted by molar-refractivity contribution is 5.87. The second-order valence-electron chi connectivity index (χ2n) is 9.19. The van der Waals surface area contributed by atoms with Gasteiger partial charge < -0.3 is 20.5 Å². The van der Waals surface area contributed by atoms with Crippen molar-refractivity contribution in [3.8, 4) is 11.1 Å². The minimum Gasteiger partial charge on any atom is -0.478 e. The lowest BCUT2D eigenvalue weighted by Gasteiger charge is -2.19. The SMILES string of the molecule is O=C(CC1(NC(=O)OCC2c3ccccc3-c3ccccc32)CC1)NCc1ccc(C(=O)O)cc1. The average molecular weight is 471 g/mol. The molecule has 0 heterocycles. The summed E-state index contributed by atoms with van der Waals surface area (Å²) in [4.78, 5) is 36.0. The van der Waals surface area contributed by atoms with E-state index in [-0.39, 0.29) is 30.4 Å². The van der Waals surface area contributed by atoms with E-state index in [0.29, 0.717) is 6.54 Å². The second-order valence-corrected chi connectivity index (χ2v) is 9.19. The number of carbonyl (C=O) groups excluding carboxylic acids is 2. The van der Waals surface area contributed by atoms with Crippen LogP contribution in [0.5, 0.6) is 0 Å². The van der Waals surface area contributed by atoms with Gasteiger partial charge in [0, 0.05) is 18.9 Å². The van der Waals surface area contributed by atoms with E-state index in [1.165, 1.54) is 23.3 Å². The largest absolute Gasteiger partial charge is 0.478 e. The molecule has 0 unspecified atom stereocenters. The predicted molar refractivity (Wildman–Crippen MR) is 130 cm³/mol. The van der Waals surface area contributed by atoms with Crippen LogP contribution in [0, 0.1) is 0 Å². The molecule has 0 saturated heterocycles. The minimum atomic E-state index is -0.990. The summed E-state index contributed by atoms with van der Waals surface area (Å²) in [6.07, 6.45) is 1.10. The van der Waals surface area contributed by atoms with Gasteiger partial charge in [-0.15, -0.1) is 0 Å². The maximum absolute atomic E-state index is 12.6. The Bertz CT molecular complexity index is 1240. The molecule has 178 valence electrons. The molecule has 0 atom stereocenters. The van der Waals surface area contributed by atoms with Crippen LogP contribution in [-0.2, 0) is 16.1 Å². The van der Waals surface area contributed by atoms with Crippen molar-refractivity contribution in [3.05, 3.63) is 95.1 Å². The van der Waals surface area contributed by atoms with Crippen molar-refractivity contribution in [1.82, 2.24) is 10.6 Å². The quantitative estimate of drug-likeness (QED) is 0.451. The zero-order valence-electron chi connectivity index (χ0n) is 19.1. The van der Waals surface area contributed by atoms with Crippen LogP contribution >= 0.6 is 0 Å². The number of hydrogen-bond donors (Lipinski definition) is 3. The Morgan fingerprint density at radius 1 is 0.886 bits per heavy atom. The van der Waals surface area contributed by atoms with E-state index in [9.17, 15) is 14.4 Å². The fourth-order valence-corrected chi connectivity index (χ4v) is 4.68. The molecule has 0 radical (unpaired) electrons.